The Bertz CT molecular complexity index is 1350. The number of nitrogens with one attached hydrogen (secondary N) is 3. The number of pyridine rings is 1. The number of nitrogens with zero attached hydrogens (tertiary/aromatic N) is 2. The third-order valence-corrected chi connectivity index (χ3v) is 6.31. The van der Waals surface area contributed by atoms with E-state index in [4.69, 9.17) is 4.74 Å². The van der Waals surface area contributed by atoms with E-state index < -0.39 is 5.54 Å². The number of hydrogen-bond acceptors (Lipinski definition) is 5. The molecule has 7 heteroatoms. The summed E-state index contributed by atoms with van der Waals surface area (Å²) in [5, 5.41) is 14.4. The van der Waals surface area contributed by atoms with Gasteiger partial charge in [-0.25, -0.2) is 0 Å². The van der Waals surface area contributed by atoms with E-state index in [2.05, 4.69) is 50.1 Å². The molecule has 2 aromatic carbocycles. The van der Waals surface area contributed by atoms with E-state index in [0.29, 0.717) is 11.3 Å². The van der Waals surface area contributed by atoms with Crippen LogP contribution in [0.2, 0.25) is 0 Å². The third-order valence-electron chi connectivity index (χ3n) is 6.31. The summed E-state index contributed by atoms with van der Waals surface area (Å²) >= 11 is 0. The Hall–Kier alpha value is -4.13. The van der Waals surface area contributed by atoms with Crippen molar-refractivity contribution in [1.29, 1.82) is 0 Å². The van der Waals surface area contributed by atoms with Gasteiger partial charge < -0.3 is 15.4 Å². The van der Waals surface area contributed by atoms with E-state index in [0.717, 1.165) is 52.7 Å². The third kappa shape index (κ3) is 4.24. The minimum Gasteiger partial charge on any atom is -0.497 e. The van der Waals surface area contributed by atoms with Crippen LogP contribution in [0.25, 0.3) is 22.2 Å². The van der Waals surface area contributed by atoms with Gasteiger partial charge in [0.15, 0.2) is 0 Å². The number of rotatable bonds is 5. The number of carbonyl (C=O) groups excluding carboxylic acids is 1. The summed E-state index contributed by atoms with van der Waals surface area (Å²) in [5.74, 6) is 0.583. The van der Waals surface area contributed by atoms with Crippen molar-refractivity contribution in [2.45, 2.75) is 25.3 Å². The number of ether oxygens (including phenoxy) is 1. The Labute approximate surface area is 198 Å². The Morgan fingerprint density at radius 2 is 1.91 bits per heavy atom. The quantitative estimate of drug-likeness (QED) is 0.415. The molecule has 1 amide bonds. The number of carbonyl (C=O) groups is 1. The molecule has 1 aliphatic heterocycles. The molecule has 2 aromatic heterocycles. The average molecular weight is 454 g/mol. The molecular formula is C27H27N5O2. The minimum atomic E-state index is -0.399. The van der Waals surface area contributed by atoms with Crippen LogP contribution < -0.4 is 15.4 Å². The predicted molar refractivity (Wildman–Crippen MR) is 133 cm³/mol. The fraction of sp³-hybridized carbons (Fsp3) is 0.222. The van der Waals surface area contributed by atoms with Crippen molar-refractivity contribution in [2.24, 2.45) is 0 Å². The molecule has 3 N–H and O–H groups in total. The van der Waals surface area contributed by atoms with E-state index in [9.17, 15) is 4.79 Å². The van der Waals surface area contributed by atoms with Crippen LogP contribution in [0.4, 0.5) is 0 Å². The van der Waals surface area contributed by atoms with E-state index in [1.54, 1.807) is 25.6 Å². The maximum absolute atomic E-state index is 13.2. The van der Waals surface area contributed by atoms with Gasteiger partial charge in [-0.3, -0.25) is 14.9 Å². The van der Waals surface area contributed by atoms with Crippen LogP contribution in [0.15, 0.2) is 73.2 Å². The van der Waals surface area contributed by atoms with Crippen LogP contribution >= 0.6 is 0 Å². The van der Waals surface area contributed by atoms with Crippen LogP contribution in [0.3, 0.4) is 0 Å². The minimum absolute atomic E-state index is 0.0899. The number of aryl methyl sites for hydroxylation is 1. The van der Waals surface area contributed by atoms with Crippen molar-refractivity contribution in [3.8, 4) is 17.0 Å². The Morgan fingerprint density at radius 3 is 2.56 bits per heavy atom. The highest BCUT2D eigenvalue weighted by atomic mass is 16.5. The van der Waals surface area contributed by atoms with Crippen molar-refractivity contribution in [3.63, 3.8) is 0 Å². The fourth-order valence-electron chi connectivity index (χ4n) is 4.11. The van der Waals surface area contributed by atoms with Crippen LogP contribution in [-0.2, 0) is 5.54 Å². The number of methoxy groups -OCH3 is 1. The molecule has 0 unspecified atom stereocenters. The maximum atomic E-state index is 13.2. The summed E-state index contributed by atoms with van der Waals surface area (Å²) < 4.78 is 5.31. The highest BCUT2D eigenvalue weighted by Gasteiger charge is 2.47. The number of fused-ring (bicyclic) bond motifs is 1. The van der Waals surface area contributed by atoms with Crippen LogP contribution in [0.1, 0.15) is 34.3 Å². The second kappa shape index (κ2) is 9.02. The molecular weight excluding hydrogens is 426 g/mol. The summed E-state index contributed by atoms with van der Waals surface area (Å²) in [6.45, 7) is 3.01. The number of aromatic nitrogens is 3. The smallest absolute Gasteiger partial charge is 0.252 e. The number of amides is 1. The SMILES string of the molecule is C1=CNC1.COc1ccc(C)c(C(=O)NC2(c3cc(-c4ccn[nH]4)cc4ncccc34)CC2)c1. The van der Waals surface area contributed by atoms with Gasteiger partial charge in [0, 0.05) is 35.5 Å². The molecule has 0 atom stereocenters. The fourth-order valence-corrected chi connectivity index (χ4v) is 4.11. The highest BCUT2D eigenvalue weighted by Crippen LogP contribution is 2.49. The van der Waals surface area contributed by atoms with Crippen molar-refractivity contribution in [2.75, 3.05) is 13.7 Å². The largest absolute Gasteiger partial charge is 0.497 e. The molecule has 34 heavy (non-hydrogen) atoms. The number of benzene rings is 2. The van der Waals surface area contributed by atoms with Crippen LogP contribution in [0.5, 0.6) is 5.75 Å². The first kappa shape index (κ1) is 21.7. The van der Waals surface area contributed by atoms with Crippen molar-refractivity contribution < 1.29 is 9.53 Å². The van der Waals surface area contributed by atoms with Gasteiger partial charge in [0.05, 0.1) is 23.9 Å². The number of H-pyrrole nitrogens is 1. The first-order valence-electron chi connectivity index (χ1n) is 11.3. The molecule has 7 nitrogen and oxygen atoms in total. The average Bonchev–Trinajstić information content (AvgIpc) is 3.37. The summed E-state index contributed by atoms with van der Waals surface area (Å²) in [4.78, 5) is 17.8. The highest BCUT2D eigenvalue weighted by molar-refractivity contribution is 5.98. The van der Waals surface area contributed by atoms with E-state index in [-0.39, 0.29) is 5.91 Å². The Balaban J connectivity index is 0.000000547. The zero-order valence-electron chi connectivity index (χ0n) is 19.3. The van der Waals surface area contributed by atoms with Gasteiger partial charge in [-0.05, 0) is 79.6 Å². The first-order chi connectivity index (χ1) is 16.6. The van der Waals surface area contributed by atoms with E-state index in [1.807, 2.05) is 37.4 Å². The lowest BCUT2D eigenvalue weighted by atomic mass is 9.95. The molecule has 0 spiro atoms. The van der Waals surface area contributed by atoms with Gasteiger partial charge in [0.25, 0.3) is 5.91 Å². The van der Waals surface area contributed by atoms with E-state index in [1.165, 1.54) is 0 Å². The standard InChI is InChI=1S/C24H22N4O2.C3H5N/c1-15-5-6-17(30-2)14-19(15)23(29)27-24(8-9-24)20-12-16(21-7-11-26-28-21)13-22-18(20)4-3-10-25-22;1-2-4-3-1/h3-7,10-14H,8-9H2,1-2H3,(H,26,28)(H,27,29);1-2,4H,3H2. The Morgan fingerprint density at radius 1 is 1.12 bits per heavy atom. The number of hydrogen-bond donors (Lipinski definition) is 3. The van der Waals surface area contributed by atoms with Gasteiger partial charge >= 0.3 is 0 Å². The second-order valence-electron chi connectivity index (χ2n) is 8.59. The summed E-state index contributed by atoms with van der Waals surface area (Å²) in [7, 11) is 1.61. The molecule has 6 rings (SSSR count). The molecule has 3 heterocycles. The second-order valence-corrected chi connectivity index (χ2v) is 8.59. The van der Waals surface area contributed by atoms with Crippen molar-refractivity contribution >= 4 is 16.8 Å². The lowest BCUT2D eigenvalue weighted by Gasteiger charge is -2.21. The van der Waals surface area contributed by atoms with Crippen molar-refractivity contribution in [1.82, 2.24) is 25.8 Å². The first-order valence-corrected chi connectivity index (χ1v) is 11.3. The van der Waals surface area contributed by atoms with Crippen molar-refractivity contribution in [3.05, 3.63) is 89.9 Å². The van der Waals surface area contributed by atoms with Gasteiger partial charge in [-0.15, -0.1) is 0 Å². The van der Waals surface area contributed by atoms with E-state index >= 15 is 0 Å². The molecule has 0 bridgehead atoms. The van der Waals surface area contributed by atoms with Crippen LogP contribution in [0, 0.1) is 6.92 Å². The summed E-state index contributed by atoms with van der Waals surface area (Å²) in [6, 6.07) is 15.7. The summed E-state index contributed by atoms with van der Waals surface area (Å²) in [5.41, 5.74) is 5.07. The maximum Gasteiger partial charge on any atom is 0.252 e. The van der Waals surface area contributed by atoms with Gasteiger partial charge in [-0.2, -0.15) is 5.10 Å². The summed E-state index contributed by atoms with van der Waals surface area (Å²) in [6.07, 6.45) is 9.30. The molecule has 0 saturated heterocycles. The van der Waals surface area contributed by atoms with Gasteiger partial charge in [0.1, 0.15) is 5.75 Å². The lowest BCUT2D eigenvalue weighted by Crippen LogP contribution is -2.35. The Kier molecular flexibility index (Phi) is 5.76. The monoisotopic (exact) mass is 453 g/mol. The number of aromatic amines is 1. The normalized spacial score (nSPS) is 14.9. The lowest BCUT2D eigenvalue weighted by molar-refractivity contribution is 0.0930. The topological polar surface area (TPSA) is 91.9 Å². The van der Waals surface area contributed by atoms with Crippen LogP contribution in [-0.4, -0.2) is 34.7 Å². The zero-order chi connectivity index (χ0) is 23.5. The molecule has 2 aliphatic rings. The molecule has 172 valence electrons. The molecule has 1 saturated carbocycles. The van der Waals surface area contributed by atoms with Gasteiger partial charge in [-0.1, -0.05) is 12.1 Å². The molecule has 4 aromatic rings. The predicted octanol–water partition coefficient (Wildman–Crippen LogP) is 4.46. The molecule has 1 aliphatic carbocycles. The molecule has 0 radical (unpaired) electrons. The zero-order valence-corrected chi connectivity index (χ0v) is 19.3. The molecule has 1 fully saturated rings. The van der Waals surface area contributed by atoms with Gasteiger partial charge in [0.2, 0.25) is 0 Å².